The molecule has 1 aliphatic carbocycles. The minimum atomic E-state index is -3.71. The van der Waals surface area contributed by atoms with Crippen molar-refractivity contribution in [2.75, 3.05) is 25.9 Å². The van der Waals surface area contributed by atoms with E-state index in [1.54, 1.807) is 20.9 Å². The van der Waals surface area contributed by atoms with E-state index in [9.17, 15) is 22.8 Å². The van der Waals surface area contributed by atoms with Crippen LogP contribution in [0.5, 0.6) is 0 Å². The highest BCUT2D eigenvalue weighted by molar-refractivity contribution is 7.89. The highest BCUT2D eigenvalue weighted by Gasteiger charge is 2.48. The number of imide groups is 1. The monoisotopic (exact) mass is 446 g/mol. The lowest BCUT2D eigenvalue weighted by molar-refractivity contribution is -0.133. The van der Waals surface area contributed by atoms with Crippen molar-refractivity contribution in [3.8, 4) is 0 Å². The summed E-state index contributed by atoms with van der Waals surface area (Å²) in [6.45, 7) is 3.74. The Labute approximate surface area is 178 Å². The van der Waals surface area contributed by atoms with Gasteiger partial charge in [-0.2, -0.15) is 0 Å². The van der Waals surface area contributed by atoms with Crippen LogP contribution in [0.25, 0.3) is 0 Å². The van der Waals surface area contributed by atoms with E-state index in [1.165, 1.54) is 16.8 Å². The molecule has 1 aliphatic heterocycles. The lowest BCUT2D eigenvalue weighted by Crippen LogP contribution is -2.41. The molecule has 10 nitrogen and oxygen atoms in total. The fourth-order valence-electron chi connectivity index (χ4n) is 4.02. The smallest absolute Gasteiger partial charge is 0.313 e. The van der Waals surface area contributed by atoms with E-state index >= 15 is 0 Å². The Morgan fingerprint density at radius 2 is 1.87 bits per heavy atom. The minimum Gasteiger partial charge on any atom is -0.313 e. The number of sulfonamides is 1. The van der Waals surface area contributed by atoms with Gasteiger partial charge in [-0.15, -0.1) is 0 Å². The van der Waals surface area contributed by atoms with Crippen LogP contribution in [0.3, 0.4) is 0 Å². The Morgan fingerprint density at radius 3 is 2.40 bits per heavy atom. The molecule has 0 aromatic heterocycles. The van der Waals surface area contributed by atoms with Crippen LogP contribution in [0.4, 0.5) is 4.79 Å². The van der Waals surface area contributed by atoms with Gasteiger partial charge in [-0.05, 0) is 45.4 Å². The molecule has 1 unspecified atom stereocenters. The van der Waals surface area contributed by atoms with E-state index in [4.69, 9.17) is 5.21 Å². The molecule has 1 saturated carbocycles. The zero-order chi connectivity index (χ0) is 22.5. The SMILES string of the molecule is CN1C(=O)N(CCCC(CS(=O)(=O)NCC2CCCCC2)C(=O)NO)C(=O)C1(C)C. The van der Waals surface area contributed by atoms with Crippen molar-refractivity contribution in [3.05, 3.63) is 0 Å². The summed E-state index contributed by atoms with van der Waals surface area (Å²) >= 11 is 0. The Hall–Kier alpha value is -1.72. The first kappa shape index (κ1) is 24.5. The average molecular weight is 447 g/mol. The summed E-state index contributed by atoms with van der Waals surface area (Å²) in [6.07, 6.45) is 5.72. The summed E-state index contributed by atoms with van der Waals surface area (Å²) in [6, 6.07) is -0.421. The number of carbonyl (C=O) groups excluding carboxylic acids is 3. The Morgan fingerprint density at radius 1 is 1.23 bits per heavy atom. The molecule has 172 valence electrons. The van der Waals surface area contributed by atoms with Gasteiger partial charge in [-0.25, -0.2) is 23.4 Å². The molecule has 0 radical (unpaired) electrons. The number of urea groups is 1. The van der Waals surface area contributed by atoms with Gasteiger partial charge in [0.2, 0.25) is 15.9 Å². The zero-order valence-corrected chi connectivity index (χ0v) is 18.8. The minimum absolute atomic E-state index is 0.0796. The van der Waals surface area contributed by atoms with Gasteiger partial charge in [-0.3, -0.25) is 19.7 Å². The standard InChI is InChI=1S/C19H34N4O6S/c1-19(2)17(25)23(18(26)22(19)3)11-7-10-15(16(24)21-27)13-30(28,29)20-12-14-8-5-4-6-9-14/h14-15,20,27H,4-13H2,1-3H3,(H,21,24). The van der Waals surface area contributed by atoms with Gasteiger partial charge in [0.15, 0.2) is 0 Å². The van der Waals surface area contributed by atoms with Gasteiger partial charge >= 0.3 is 6.03 Å². The third-order valence-electron chi connectivity index (χ3n) is 6.28. The predicted octanol–water partition coefficient (Wildman–Crippen LogP) is 1.06. The number of hydrogen-bond acceptors (Lipinski definition) is 6. The van der Waals surface area contributed by atoms with E-state index in [-0.39, 0.29) is 25.3 Å². The first-order chi connectivity index (χ1) is 14.0. The molecule has 0 aromatic rings. The first-order valence-corrected chi connectivity index (χ1v) is 12.2. The molecule has 0 aromatic carbocycles. The Bertz CT molecular complexity index is 748. The Balaban J connectivity index is 1.90. The van der Waals surface area contributed by atoms with Crippen LogP contribution in [0.2, 0.25) is 0 Å². The van der Waals surface area contributed by atoms with Crippen molar-refractivity contribution in [2.45, 2.75) is 64.3 Å². The number of amides is 4. The van der Waals surface area contributed by atoms with E-state index < -0.39 is 39.2 Å². The predicted molar refractivity (Wildman–Crippen MR) is 110 cm³/mol. The molecule has 0 spiro atoms. The third-order valence-corrected chi connectivity index (χ3v) is 7.73. The van der Waals surface area contributed by atoms with Gasteiger partial charge in [0.25, 0.3) is 5.91 Å². The van der Waals surface area contributed by atoms with Gasteiger partial charge in [0, 0.05) is 20.1 Å². The number of nitrogens with one attached hydrogen (secondary N) is 2. The number of rotatable bonds is 10. The fourth-order valence-corrected chi connectivity index (χ4v) is 5.47. The van der Waals surface area contributed by atoms with Crippen molar-refractivity contribution in [1.82, 2.24) is 20.0 Å². The van der Waals surface area contributed by atoms with Crippen molar-refractivity contribution < 1.29 is 28.0 Å². The summed E-state index contributed by atoms with van der Waals surface area (Å²) in [5.74, 6) is -2.27. The molecule has 11 heteroatoms. The van der Waals surface area contributed by atoms with Crippen LogP contribution in [-0.4, -0.2) is 72.7 Å². The van der Waals surface area contributed by atoms with E-state index in [0.717, 1.165) is 30.6 Å². The summed E-state index contributed by atoms with van der Waals surface area (Å²) in [4.78, 5) is 39.1. The maximum Gasteiger partial charge on any atom is 0.327 e. The molecule has 1 saturated heterocycles. The fraction of sp³-hybridized carbons (Fsp3) is 0.842. The lowest BCUT2D eigenvalue weighted by atomic mass is 9.90. The first-order valence-electron chi connectivity index (χ1n) is 10.5. The maximum absolute atomic E-state index is 12.5. The van der Waals surface area contributed by atoms with Gasteiger partial charge in [0.1, 0.15) is 5.54 Å². The molecule has 3 N–H and O–H groups in total. The number of likely N-dealkylation sites (N-methyl/N-ethyl adjacent to an activating group) is 1. The number of hydroxylamine groups is 1. The second-order valence-electron chi connectivity index (χ2n) is 8.81. The Kier molecular flexibility index (Phi) is 8.23. The molecular weight excluding hydrogens is 412 g/mol. The van der Waals surface area contributed by atoms with Crippen molar-refractivity contribution in [3.63, 3.8) is 0 Å². The largest absolute Gasteiger partial charge is 0.327 e. The highest BCUT2D eigenvalue weighted by Crippen LogP contribution is 2.26. The quantitative estimate of drug-likeness (QED) is 0.261. The summed E-state index contributed by atoms with van der Waals surface area (Å²) in [7, 11) is -2.16. The second kappa shape index (κ2) is 10.1. The molecule has 30 heavy (non-hydrogen) atoms. The highest BCUT2D eigenvalue weighted by atomic mass is 32.2. The molecule has 0 bridgehead atoms. The molecule has 2 rings (SSSR count). The normalized spacial score (nSPS) is 21.2. The molecule has 2 fully saturated rings. The van der Waals surface area contributed by atoms with E-state index in [1.807, 2.05) is 0 Å². The molecular formula is C19H34N4O6S. The van der Waals surface area contributed by atoms with Crippen LogP contribution < -0.4 is 10.2 Å². The molecule has 4 amide bonds. The van der Waals surface area contributed by atoms with Crippen LogP contribution in [0.15, 0.2) is 0 Å². The van der Waals surface area contributed by atoms with Crippen molar-refractivity contribution in [1.29, 1.82) is 0 Å². The zero-order valence-electron chi connectivity index (χ0n) is 18.0. The van der Waals surface area contributed by atoms with Gasteiger partial charge in [-0.1, -0.05) is 19.3 Å². The van der Waals surface area contributed by atoms with Crippen LogP contribution in [0, 0.1) is 11.8 Å². The summed E-state index contributed by atoms with van der Waals surface area (Å²) in [5, 5.41) is 8.99. The number of hydrogen-bond donors (Lipinski definition) is 3. The van der Waals surface area contributed by atoms with E-state index in [2.05, 4.69) is 4.72 Å². The van der Waals surface area contributed by atoms with Crippen molar-refractivity contribution in [2.24, 2.45) is 11.8 Å². The lowest BCUT2D eigenvalue weighted by Gasteiger charge is -2.22. The van der Waals surface area contributed by atoms with Crippen LogP contribution in [-0.2, 0) is 19.6 Å². The second-order valence-corrected chi connectivity index (χ2v) is 10.7. The number of carbonyl (C=O) groups is 3. The third kappa shape index (κ3) is 5.92. The molecule has 1 atom stereocenters. The topological polar surface area (TPSA) is 136 Å². The maximum atomic E-state index is 12.5. The number of nitrogens with zero attached hydrogens (tertiary/aromatic N) is 2. The van der Waals surface area contributed by atoms with Crippen LogP contribution >= 0.6 is 0 Å². The molecule has 1 heterocycles. The van der Waals surface area contributed by atoms with Crippen LogP contribution in [0.1, 0.15) is 58.8 Å². The van der Waals surface area contributed by atoms with Gasteiger partial charge < -0.3 is 4.90 Å². The molecule has 2 aliphatic rings. The average Bonchev–Trinajstić information content (AvgIpc) is 2.86. The summed E-state index contributed by atoms with van der Waals surface area (Å²) in [5.41, 5.74) is 0.583. The van der Waals surface area contributed by atoms with E-state index in [0.29, 0.717) is 12.5 Å². The summed E-state index contributed by atoms with van der Waals surface area (Å²) < 4.78 is 27.5. The van der Waals surface area contributed by atoms with Gasteiger partial charge in [0.05, 0.1) is 11.7 Å². The van der Waals surface area contributed by atoms with Crippen molar-refractivity contribution >= 4 is 27.9 Å².